The van der Waals surface area contributed by atoms with Crippen molar-refractivity contribution in [2.45, 2.75) is 13.1 Å². The van der Waals surface area contributed by atoms with Crippen molar-refractivity contribution in [1.82, 2.24) is 4.90 Å². The molecule has 3 aromatic rings. The molecule has 0 bridgehead atoms. The van der Waals surface area contributed by atoms with Gasteiger partial charge in [-0.2, -0.15) is 0 Å². The van der Waals surface area contributed by atoms with Crippen molar-refractivity contribution < 1.29 is 13.6 Å². The Kier molecular flexibility index (Phi) is 3.69. The van der Waals surface area contributed by atoms with Crippen LogP contribution in [0.4, 0.5) is 0 Å². The van der Waals surface area contributed by atoms with Gasteiger partial charge < -0.3 is 13.7 Å². The molecular formula is C15H13NO3S. The molecule has 0 saturated heterocycles. The largest absolute Gasteiger partial charge is 0.472 e. The Balaban J connectivity index is 1.81. The van der Waals surface area contributed by atoms with Gasteiger partial charge in [0.15, 0.2) is 0 Å². The molecule has 0 fully saturated rings. The highest BCUT2D eigenvalue weighted by Gasteiger charge is 2.19. The van der Waals surface area contributed by atoms with Crippen LogP contribution in [0, 0.1) is 0 Å². The number of nitrogens with zero attached hydrogens (tertiary/aromatic N) is 1. The molecule has 0 radical (unpaired) electrons. The lowest BCUT2D eigenvalue weighted by Gasteiger charge is -2.20. The number of hydrogen-bond donors (Lipinski definition) is 0. The molecule has 0 atom stereocenters. The second-order valence-electron chi connectivity index (χ2n) is 4.33. The Bertz CT molecular complexity index is 605. The molecule has 5 heteroatoms. The molecule has 0 aliphatic rings. The van der Waals surface area contributed by atoms with Crippen LogP contribution in [0.1, 0.15) is 21.0 Å². The van der Waals surface area contributed by atoms with Crippen molar-refractivity contribution in [1.29, 1.82) is 0 Å². The summed E-state index contributed by atoms with van der Waals surface area (Å²) in [6, 6.07) is 9.35. The summed E-state index contributed by atoms with van der Waals surface area (Å²) < 4.78 is 10.3. The number of amides is 1. The Morgan fingerprint density at radius 2 is 2.10 bits per heavy atom. The minimum Gasteiger partial charge on any atom is -0.472 e. The van der Waals surface area contributed by atoms with Crippen LogP contribution in [0.5, 0.6) is 0 Å². The molecule has 0 N–H and O–H groups in total. The fourth-order valence-electron chi connectivity index (χ4n) is 1.95. The van der Waals surface area contributed by atoms with Crippen LogP contribution in [-0.4, -0.2) is 10.8 Å². The van der Waals surface area contributed by atoms with Crippen molar-refractivity contribution in [2.24, 2.45) is 0 Å². The van der Waals surface area contributed by atoms with Gasteiger partial charge in [0.25, 0.3) is 5.91 Å². The highest BCUT2D eigenvalue weighted by atomic mass is 32.1. The lowest BCUT2D eigenvalue weighted by atomic mass is 10.2. The van der Waals surface area contributed by atoms with Crippen LogP contribution in [-0.2, 0) is 13.1 Å². The van der Waals surface area contributed by atoms with E-state index in [1.165, 1.54) is 12.5 Å². The maximum absolute atomic E-state index is 12.5. The summed E-state index contributed by atoms with van der Waals surface area (Å²) in [5.74, 6) is 0.696. The van der Waals surface area contributed by atoms with Gasteiger partial charge in [-0.05, 0) is 29.6 Å². The van der Waals surface area contributed by atoms with Crippen LogP contribution in [0.2, 0.25) is 0 Å². The summed E-state index contributed by atoms with van der Waals surface area (Å²) in [4.78, 5) is 15.4. The fourth-order valence-corrected chi connectivity index (χ4v) is 2.67. The standard InChI is InChI=1S/C15H13NO3S/c17-15(12-5-7-18-11-12)16(9-13-3-1-6-19-13)10-14-4-2-8-20-14/h1-8,11H,9-10H2. The predicted molar refractivity (Wildman–Crippen MR) is 75.3 cm³/mol. The number of furan rings is 2. The van der Waals surface area contributed by atoms with Gasteiger partial charge in [0, 0.05) is 4.88 Å². The van der Waals surface area contributed by atoms with Gasteiger partial charge in [0.1, 0.15) is 12.0 Å². The molecule has 0 saturated carbocycles. The maximum atomic E-state index is 12.5. The van der Waals surface area contributed by atoms with Crippen molar-refractivity contribution in [2.75, 3.05) is 0 Å². The molecule has 0 aromatic carbocycles. The summed E-state index contributed by atoms with van der Waals surface area (Å²) in [5, 5.41) is 2.00. The van der Waals surface area contributed by atoms with E-state index in [0.717, 1.165) is 10.6 Å². The van der Waals surface area contributed by atoms with E-state index in [4.69, 9.17) is 8.83 Å². The van der Waals surface area contributed by atoms with Crippen molar-refractivity contribution in [3.05, 3.63) is 70.7 Å². The zero-order valence-corrected chi connectivity index (χ0v) is 11.5. The van der Waals surface area contributed by atoms with Crippen LogP contribution in [0.3, 0.4) is 0 Å². The third-order valence-electron chi connectivity index (χ3n) is 2.91. The Morgan fingerprint density at radius 1 is 1.15 bits per heavy atom. The first-order valence-electron chi connectivity index (χ1n) is 6.19. The molecule has 1 amide bonds. The van der Waals surface area contributed by atoms with Crippen molar-refractivity contribution in [3.8, 4) is 0 Å². The number of carbonyl (C=O) groups is 1. The zero-order chi connectivity index (χ0) is 13.8. The molecule has 3 heterocycles. The number of hydrogen-bond acceptors (Lipinski definition) is 4. The van der Waals surface area contributed by atoms with E-state index in [2.05, 4.69) is 0 Å². The van der Waals surface area contributed by atoms with Gasteiger partial charge in [-0.3, -0.25) is 4.79 Å². The molecule has 20 heavy (non-hydrogen) atoms. The van der Waals surface area contributed by atoms with Gasteiger partial charge in [-0.1, -0.05) is 6.07 Å². The van der Waals surface area contributed by atoms with Crippen LogP contribution in [0.15, 0.2) is 63.3 Å². The van der Waals surface area contributed by atoms with Gasteiger partial charge in [0.05, 0.1) is 31.2 Å². The average molecular weight is 287 g/mol. The van der Waals surface area contributed by atoms with Gasteiger partial charge >= 0.3 is 0 Å². The Labute approximate surface area is 120 Å². The molecule has 102 valence electrons. The van der Waals surface area contributed by atoms with Gasteiger partial charge in [-0.25, -0.2) is 0 Å². The third-order valence-corrected chi connectivity index (χ3v) is 3.77. The van der Waals surface area contributed by atoms with E-state index < -0.39 is 0 Å². The second kappa shape index (κ2) is 5.79. The zero-order valence-electron chi connectivity index (χ0n) is 10.7. The fraction of sp³-hybridized carbons (Fsp3) is 0.133. The van der Waals surface area contributed by atoms with Crippen molar-refractivity contribution in [3.63, 3.8) is 0 Å². The highest BCUT2D eigenvalue weighted by molar-refractivity contribution is 7.09. The summed E-state index contributed by atoms with van der Waals surface area (Å²) in [6.07, 6.45) is 4.58. The number of thiophene rings is 1. The number of carbonyl (C=O) groups excluding carboxylic acids is 1. The lowest BCUT2D eigenvalue weighted by Crippen LogP contribution is -2.29. The van der Waals surface area contributed by atoms with Crippen LogP contribution in [0.25, 0.3) is 0 Å². The molecule has 0 aliphatic heterocycles. The van der Waals surface area contributed by atoms with Crippen molar-refractivity contribution >= 4 is 17.2 Å². The molecule has 0 aliphatic carbocycles. The summed E-state index contributed by atoms with van der Waals surface area (Å²) in [5.41, 5.74) is 0.549. The van der Waals surface area contributed by atoms with E-state index in [0.29, 0.717) is 18.7 Å². The van der Waals surface area contributed by atoms with E-state index in [-0.39, 0.29) is 5.91 Å². The van der Waals surface area contributed by atoms with Gasteiger partial charge in [-0.15, -0.1) is 11.3 Å². The summed E-state index contributed by atoms with van der Waals surface area (Å²) in [6.45, 7) is 0.997. The summed E-state index contributed by atoms with van der Waals surface area (Å²) >= 11 is 1.63. The quantitative estimate of drug-likeness (QED) is 0.717. The lowest BCUT2D eigenvalue weighted by molar-refractivity contribution is 0.0719. The van der Waals surface area contributed by atoms with Gasteiger partial charge in [0.2, 0.25) is 0 Å². The van der Waals surface area contributed by atoms with E-state index in [9.17, 15) is 4.79 Å². The monoisotopic (exact) mass is 287 g/mol. The van der Waals surface area contributed by atoms with E-state index >= 15 is 0 Å². The Morgan fingerprint density at radius 3 is 2.75 bits per heavy atom. The molecule has 3 rings (SSSR count). The molecule has 4 nitrogen and oxygen atoms in total. The first kappa shape index (κ1) is 12.7. The SMILES string of the molecule is O=C(c1ccoc1)N(Cc1ccco1)Cc1cccs1. The molecule has 0 unspecified atom stereocenters. The minimum absolute atomic E-state index is 0.0662. The normalized spacial score (nSPS) is 10.6. The highest BCUT2D eigenvalue weighted by Crippen LogP contribution is 2.17. The van der Waals surface area contributed by atoms with Crippen LogP contribution >= 0.6 is 11.3 Å². The van der Waals surface area contributed by atoms with Crippen LogP contribution < -0.4 is 0 Å². The Hall–Kier alpha value is -2.27. The third kappa shape index (κ3) is 2.83. The minimum atomic E-state index is -0.0662. The molecular weight excluding hydrogens is 274 g/mol. The first-order chi connectivity index (χ1) is 9.83. The molecule has 0 spiro atoms. The molecule has 3 aromatic heterocycles. The maximum Gasteiger partial charge on any atom is 0.257 e. The second-order valence-corrected chi connectivity index (χ2v) is 5.36. The first-order valence-corrected chi connectivity index (χ1v) is 7.07. The van der Waals surface area contributed by atoms with E-state index in [1.807, 2.05) is 29.6 Å². The predicted octanol–water partition coefficient (Wildman–Crippen LogP) is 3.78. The number of rotatable bonds is 5. The summed E-state index contributed by atoms with van der Waals surface area (Å²) in [7, 11) is 0. The topological polar surface area (TPSA) is 46.6 Å². The van der Waals surface area contributed by atoms with E-state index in [1.54, 1.807) is 28.6 Å². The smallest absolute Gasteiger partial charge is 0.257 e. The average Bonchev–Trinajstić information content (AvgIpc) is 3.20.